The van der Waals surface area contributed by atoms with E-state index in [1.54, 1.807) is 0 Å². The number of rotatable bonds is 3. The summed E-state index contributed by atoms with van der Waals surface area (Å²) in [4.78, 5) is 14.7. The Morgan fingerprint density at radius 3 is 2.73 bits per heavy atom. The lowest BCUT2D eigenvalue weighted by Crippen LogP contribution is -2.67. The van der Waals surface area contributed by atoms with Crippen LogP contribution < -0.4 is 5.73 Å². The van der Waals surface area contributed by atoms with Crippen LogP contribution in [0.3, 0.4) is 0 Å². The average Bonchev–Trinajstić information content (AvgIpc) is 2.84. The van der Waals surface area contributed by atoms with Crippen LogP contribution in [0.25, 0.3) is 0 Å². The van der Waals surface area contributed by atoms with Crippen LogP contribution in [-0.4, -0.2) is 29.9 Å². The molecule has 4 rings (SSSR count). The average molecular weight is 298 g/mol. The zero-order valence-electron chi connectivity index (χ0n) is 13.5. The van der Waals surface area contributed by atoms with Gasteiger partial charge in [-0.2, -0.15) is 0 Å². The Morgan fingerprint density at radius 1 is 1.32 bits per heavy atom. The Bertz CT molecular complexity index is 597. The van der Waals surface area contributed by atoms with Crippen LogP contribution in [0.15, 0.2) is 24.3 Å². The Hall–Kier alpha value is -1.35. The van der Waals surface area contributed by atoms with E-state index in [4.69, 9.17) is 5.73 Å². The number of nitrogens with two attached hydrogens (primary N) is 1. The summed E-state index contributed by atoms with van der Waals surface area (Å²) in [7, 11) is 1.93. The molecule has 0 aliphatic heterocycles. The lowest BCUT2D eigenvalue weighted by atomic mass is 9.48. The third kappa shape index (κ3) is 2.10. The fraction of sp³-hybridized carbons (Fsp3) is 0.632. The van der Waals surface area contributed by atoms with E-state index in [0.29, 0.717) is 11.3 Å². The van der Waals surface area contributed by atoms with Crippen LogP contribution in [0.1, 0.15) is 55.6 Å². The van der Waals surface area contributed by atoms with Gasteiger partial charge in [0.15, 0.2) is 0 Å². The second-order valence-electron chi connectivity index (χ2n) is 7.98. The normalized spacial score (nSPS) is 26.9. The molecule has 118 valence electrons. The highest BCUT2D eigenvalue weighted by Gasteiger charge is 2.59. The molecule has 2 saturated carbocycles. The van der Waals surface area contributed by atoms with Crippen molar-refractivity contribution in [3.63, 3.8) is 0 Å². The summed E-state index contributed by atoms with van der Waals surface area (Å²) in [6.45, 7) is 0.807. The zero-order valence-corrected chi connectivity index (χ0v) is 13.5. The highest BCUT2D eigenvalue weighted by atomic mass is 16.2. The number of aryl methyl sites for hydroxylation is 1. The molecule has 3 aliphatic carbocycles. The second-order valence-corrected chi connectivity index (χ2v) is 7.98. The van der Waals surface area contributed by atoms with Crippen LogP contribution in [0.5, 0.6) is 0 Å². The van der Waals surface area contributed by atoms with Crippen LogP contribution in [-0.2, 0) is 11.2 Å². The highest BCUT2D eigenvalue weighted by molar-refractivity contribution is 5.87. The van der Waals surface area contributed by atoms with Crippen molar-refractivity contribution in [2.24, 2.45) is 11.1 Å². The number of likely N-dealkylation sites (N-methyl/N-ethyl adjacent to an activating group) is 1. The van der Waals surface area contributed by atoms with E-state index in [2.05, 4.69) is 24.3 Å². The smallest absolute Gasteiger partial charge is 0.242 e. The van der Waals surface area contributed by atoms with Crippen molar-refractivity contribution in [3.05, 3.63) is 35.4 Å². The third-order valence-corrected chi connectivity index (χ3v) is 6.32. The molecule has 2 N–H and O–H groups in total. The predicted octanol–water partition coefficient (Wildman–Crippen LogP) is 2.84. The predicted molar refractivity (Wildman–Crippen MR) is 87.6 cm³/mol. The van der Waals surface area contributed by atoms with Gasteiger partial charge in [0.1, 0.15) is 0 Å². The third-order valence-electron chi connectivity index (χ3n) is 6.32. The van der Waals surface area contributed by atoms with E-state index in [0.717, 1.165) is 32.2 Å². The monoisotopic (exact) mass is 298 g/mol. The quantitative estimate of drug-likeness (QED) is 0.932. The maximum absolute atomic E-state index is 12.8. The van der Waals surface area contributed by atoms with Gasteiger partial charge < -0.3 is 10.6 Å². The van der Waals surface area contributed by atoms with Gasteiger partial charge in [-0.15, -0.1) is 0 Å². The SMILES string of the molecule is CN(CC1CCc2ccccc21)C(=O)C1(N)CC2(CCC2)C1. The van der Waals surface area contributed by atoms with Crippen molar-refractivity contribution in [2.75, 3.05) is 13.6 Å². The maximum atomic E-state index is 12.8. The molecule has 1 spiro atoms. The molecule has 1 aromatic carbocycles. The molecular formula is C19H26N2O. The van der Waals surface area contributed by atoms with E-state index in [1.165, 1.54) is 30.4 Å². The van der Waals surface area contributed by atoms with Gasteiger partial charge in [-0.05, 0) is 55.1 Å². The van der Waals surface area contributed by atoms with Gasteiger partial charge in [-0.1, -0.05) is 30.7 Å². The number of hydrogen-bond donors (Lipinski definition) is 1. The number of carbonyl (C=O) groups is 1. The van der Waals surface area contributed by atoms with E-state index < -0.39 is 5.54 Å². The van der Waals surface area contributed by atoms with Gasteiger partial charge in [-0.25, -0.2) is 0 Å². The van der Waals surface area contributed by atoms with Gasteiger partial charge in [0, 0.05) is 19.5 Å². The second kappa shape index (κ2) is 4.82. The van der Waals surface area contributed by atoms with Crippen LogP contribution >= 0.6 is 0 Å². The Labute approximate surface area is 132 Å². The van der Waals surface area contributed by atoms with E-state index >= 15 is 0 Å². The number of fused-ring (bicyclic) bond motifs is 1. The summed E-state index contributed by atoms with van der Waals surface area (Å²) in [5.41, 5.74) is 9.15. The number of hydrogen-bond acceptors (Lipinski definition) is 2. The first-order chi connectivity index (χ1) is 10.5. The summed E-state index contributed by atoms with van der Waals surface area (Å²) in [5, 5.41) is 0. The minimum Gasteiger partial charge on any atom is -0.344 e. The maximum Gasteiger partial charge on any atom is 0.242 e. The topological polar surface area (TPSA) is 46.3 Å². The summed E-state index contributed by atoms with van der Waals surface area (Å²) in [5.74, 6) is 0.640. The molecule has 0 saturated heterocycles. The molecule has 0 aromatic heterocycles. The van der Waals surface area contributed by atoms with Gasteiger partial charge >= 0.3 is 0 Å². The molecule has 0 heterocycles. The van der Waals surface area contributed by atoms with Crippen molar-refractivity contribution in [1.29, 1.82) is 0 Å². The van der Waals surface area contributed by atoms with Crippen LogP contribution in [0.4, 0.5) is 0 Å². The number of amides is 1. The summed E-state index contributed by atoms with van der Waals surface area (Å²) in [6.07, 6.45) is 7.98. The first-order valence-electron chi connectivity index (χ1n) is 8.64. The molecule has 0 bridgehead atoms. The molecule has 3 aliphatic rings. The van der Waals surface area contributed by atoms with Crippen molar-refractivity contribution in [2.45, 2.75) is 56.4 Å². The van der Waals surface area contributed by atoms with Crippen molar-refractivity contribution >= 4 is 5.91 Å². The number of benzene rings is 1. The Kier molecular flexibility index (Phi) is 3.12. The minimum atomic E-state index is -0.576. The fourth-order valence-corrected chi connectivity index (χ4v) is 5.10. The molecule has 3 heteroatoms. The van der Waals surface area contributed by atoms with Gasteiger partial charge in [0.05, 0.1) is 5.54 Å². The van der Waals surface area contributed by atoms with E-state index in [1.807, 2.05) is 11.9 Å². The minimum absolute atomic E-state index is 0.161. The van der Waals surface area contributed by atoms with Crippen molar-refractivity contribution < 1.29 is 4.79 Å². The Morgan fingerprint density at radius 2 is 2.05 bits per heavy atom. The van der Waals surface area contributed by atoms with Gasteiger partial charge in [0.25, 0.3) is 0 Å². The van der Waals surface area contributed by atoms with Crippen molar-refractivity contribution in [3.8, 4) is 0 Å². The standard InChI is InChI=1S/C19H26N2O/c1-21(11-15-8-7-14-5-2-3-6-16(14)15)17(22)19(20)12-18(13-19)9-4-10-18/h2-3,5-6,15H,4,7-13,20H2,1H3. The summed E-state index contributed by atoms with van der Waals surface area (Å²) in [6, 6.07) is 8.65. The molecule has 1 atom stereocenters. The molecule has 22 heavy (non-hydrogen) atoms. The van der Waals surface area contributed by atoms with Crippen molar-refractivity contribution in [1.82, 2.24) is 4.90 Å². The number of carbonyl (C=O) groups excluding carboxylic acids is 1. The van der Waals surface area contributed by atoms with E-state index in [9.17, 15) is 4.79 Å². The number of nitrogens with zero attached hydrogens (tertiary/aromatic N) is 1. The zero-order chi connectivity index (χ0) is 15.4. The molecule has 1 amide bonds. The highest BCUT2D eigenvalue weighted by Crippen LogP contribution is 2.59. The van der Waals surface area contributed by atoms with Gasteiger partial charge in [-0.3, -0.25) is 4.79 Å². The lowest BCUT2D eigenvalue weighted by molar-refractivity contribution is -0.150. The Balaban J connectivity index is 1.40. The first-order valence-corrected chi connectivity index (χ1v) is 8.64. The molecule has 0 radical (unpaired) electrons. The first kappa shape index (κ1) is 14.3. The molecular weight excluding hydrogens is 272 g/mol. The molecule has 3 nitrogen and oxygen atoms in total. The fourth-order valence-electron chi connectivity index (χ4n) is 5.10. The van der Waals surface area contributed by atoms with Gasteiger partial charge in [0.2, 0.25) is 5.91 Å². The molecule has 1 aromatic rings. The molecule has 1 unspecified atom stereocenters. The molecule has 2 fully saturated rings. The van der Waals surface area contributed by atoms with Crippen LogP contribution in [0, 0.1) is 5.41 Å². The summed E-state index contributed by atoms with van der Waals surface area (Å²) >= 11 is 0. The van der Waals surface area contributed by atoms with Crippen LogP contribution in [0.2, 0.25) is 0 Å². The summed E-state index contributed by atoms with van der Waals surface area (Å²) < 4.78 is 0. The van der Waals surface area contributed by atoms with E-state index in [-0.39, 0.29) is 5.91 Å². The lowest BCUT2D eigenvalue weighted by Gasteiger charge is -2.59. The largest absolute Gasteiger partial charge is 0.344 e.